The summed E-state index contributed by atoms with van der Waals surface area (Å²) in [6.45, 7) is 3.37. The Kier molecular flexibility index (Phi) is 7.24. The molecule has 0 unspecified atom stereocenters. The van der Waals surface area contributed by atoms with Crippen molar-refractivity contribution >= 4 is 12.2 Å². The van der Waals surface area contributed by atoms with E-state index in [9.17, 15) is 0 Å². The largest absolute Gasteiger partial charge is 1.00 e. The topological polar surface area (TPSA) is 16.4 Å². The summed E-state index contributed by atoms with van der Waals surface area (Å²) in [6.07, 6.45) is 9.01. The molecule has 0 atom stereocenters. The van der Waals surface area contributed by atoms with Gasteiger partial charge in [-0.3, -0.25) is 4.90 Å². The SMILES string of the molecule is COc1ccc(/C=C/c2cccc[n+]2C)cc1CN1CCCC1.[I-]. The number of halogens is 1. The van der Waals surface area contributed by atoms with Gasteiger partial charge in [-0.05, 0) is 55.8 Å². The monoisotopic (exact) mass is 436 g/mol. The highest BCUT2D eigenvalue weighted by Gasteiger charge is 2.14. The number of ether oxygens (including phenoxy) is 1. The molecule has 0 bridgehead atoms. The second-order valence-corrected chi connectivity index (χ2v) is 6.12. The summed E-state index contributed by atoms with van der Waals surface area (Å²) < 4.78 is 7.65. The van der Waals surface area contributed by atoms with Crippen LogP contribution in [0.25, 0.3) is 12.2 Å². The number of nitrogens with zero attached hydrogens (tertiary/aromatic N) is 2. The van der Waals surface area contributed by atoms with Crippen LogP contribution in [-0.2, 0) is 13.6 Å². The first kappa shape index (κ1) is 18.9. The average Bonchev–Trinajstić information content (AvgIpc) is 3.07. The Morgan fingerprint density at radius 2 is 1.92 bits per heavy atom. The van der Waals surface area contributed by atoms with Gasteiger partial charge in [-0.25, -0.2) is 4.57 Å². The van der Waals surface area contributed by atoms with Crippen LogP contribution in [0, 0.1) is 0 Å². The Morgan fingerprint density at radius 1 is 1.12 bits per heavy atom. The minimum Gasteiger partial charge on any atom is -1.00 e. The Labute approximate surface area is 162 Å². The fourth-order valence-electron chi connectivity index (χ4n) is 3.10. The quantitative estimate of drug-likeness (QED) is 0.495. The lowest BCUT2D eigenvalue weighted by Gasteiger charge is -2.17. The third-order valence-corrected chi connectivity index (χ3v) is 4.44. The summed E-state index contributed by atoms with van der Waals surface area (Å²) in [4.78, 5) is 2.50. The Balaban J connectivity index is 0.00000208. The molecule has 1 aromatic carbocycles. The van der Waals surface area contributed by atoms with Crippen molar-refractivity contribution in [1.82, 2.24) is 4.90 Å². The standard InChI is InChI=1S/C20H25N2O.HI/c1-21-12-4-3-7-19(21)10-8-17-9-11-20(23-2)18(15-17)16-22-13-5-6-14-22;/h3-4,7-12,15H,5-6,13-14,16H2,1-2H3;1H/q+1;/p-1/b10-8+;. The van der Waals surface area contributed by atoms with E-state index in [0.717, 1.165) is 12.3 Å². The van der Waals surface area contributed by atoms with Crippen molar-refractivity contribution in [2.75, 3.05) is 20.2 Å². The number of aromatic nitrogens is 1. The van der Waals surface area contributed by atoms with Crippen LogP contribution in [0.4, 0.5) is 0 Å². The molecule has 1 saturated heterocycles. The van der Waals surface area contributed by atoms with Crippen LogP contribution in [-0.4, -0.2) is 25.1 Å². The molecule has 1 aromatic heterocycles. The lowest BCUT2D eigenvalue weighted by Crippen LogP contribution is -3.00. The summed E-state index contributed by atoms with van der Waals surface area (Å²) in [5, 5.41) is 0. The first-order valence-electron chi connectivity index (χ1n) is 8.28. The van der Waals surface area contributed by atoms with E-state index >= 15 is 0 Å². The third kappa shape index (κ3) is 4.80. The Morgan fingerprint density at radius 3 is 2.62 bits per heavy atom. The highest BCUT2D eigenvalue weighted by Crippen LogP contribution is 2.24. The summed E-state index contributed by atoms with van der Waals surface area (Å²) in [6, 6.07) is 12.7. The van der Waals surface area contributed by atoms with Gasteiger partial charge in [-0.1, -0.05) is 6.07 Å². The van der Waals surface area contributed by atoms with Crippen LogP contribution >= 0.6 is 0 Å². The Bertz CT molecular complexity index is 694. The molecule has 4 heteroatoms. The highest BCUT2D eigenvalue weighted by molar-refractivity contribution is 5.67. The lowest BCUT2D eigenvalue weighted by atomic mass is 10.1. The third-order valence-electron chi connectivity index (χ3n) is 4.44. The van der Waals surface area contributed by atoms with Gasteiger partial charge in [0, 0.05) is 30.3 Å². The van der Waals surface area contributed by atoms with Crippen molar-refractivity contribution in [3.8, 4) is 5.75 Å². The molecule has 1 aliphatic rings. The van der Waals surface area contributed by atoms with Gasteiger partial charge in [0.2, 0.25) is 5.69 Å². The van der Waals surface area contributed by atoms with Crippen LogP contribution in [0.15, 0.2) is 42.6 Å². The fourth-order valence-corrected chi connectivity index (χ4v) is 3.10. The number of aryl methyl sites for hydroxylation is 1. The number of rotatable bonds is 5. The molecule has 3 nitrogen and oxygen atoms in total. The molecule has 128 valence electrons. The Hall–Kier alpha value is -1.40. The first-order valence-corrected chi connectivity index (χ1v) is 8.28. The number of benzene rings is 1. The first-order chi connectivity index (χ1) is 11.3. The molecule has 0 saturated carbocycles. The fraction of sp³-hybridized carbons (Fsp3) is 0.350. The van der Waals surface area contributed by atoms with E-state index in [4.69, 9.17) is 4.74 Å². The number of hydrogen-bond donors (Lipinski definition) is 0. The molecule has 0 N–H and O–H groups in total. The second-order valence-electron chi connectivity index (χ2n) is 6.12. The van der Waals surface area contributed by atoms with Crippen LogP contribution in [0.3, 0.4) is 0 Å². The highest BCUT2D eigenvalue weighted by atomic mass is 127. The van der Waals surface area contributed by atoms with E-state index in [-0.39, 0.29) is 24.0 Å². The van der Waals surface area contributed by atoms with E-state index in [1.807, 2.05) is 6.07 Å². The lowest BCUT2D eigenvalue weighted by molar-refractivity contribution is -0.673. The van der Waals surface area contributed by atoms with Gasteiger partial charge in [-0.15, -0.1) is 0 Å². The predicted octanol–water partition coefficient (Wildman–Crippen LogP) is 0.290. The number of pyridine rings is 1. The molecular weight excluding hydrogens is 411 g/mol. The van der Waals surface area contributed by atoms with E-state index in [0.29, 0.717) is 0 Å². The molecule has 24 heavy (non-hydrogen) atoms. The second kappa shape index (κ2) is 9.18. The van der Waals surface area contributed by atoms with Crippen molar-refractivity contribution in [3.05, 3.63) is 59.4 Å². The van der Waals surface area contributed by atoms with E-state index in [2.05, 4.69) is 65.2 Å². The molecule has 0 aliphatic carbocycles. The van der Waals surface area contributed by atoms with Crippen LogP contribution < -0.4 is 33.3 Å². The van der Waals surface area contributed by atoms with Gasteiger partial charge in [0.05, 0.1) is 7.11 Å². The van der Waals surface area contributed by atoms with Crippen LogP contribution in [0.1, 0.15) is 29.7 Å². The van der Waals surface area contributed by atoms with Gasteiger partial charge in [-0.2, -0.15) is 0 Å². The summed E-state index contributed by atoms with van der Waals surface area (Å²) in [5.41, 5.74) is 3.67. The number of likely N-dealkylation sites (tertiary alicyclic amines) is 1. The maximum absolute atomic E-state index is 5.54. The molecule has 1 aliphatic heterocycles. The van der Waals surface area contributed by atoms with Gasteiger partial charge in [0.15, 0.2) is 6.20 Å². The maximum atomic E-state index is 5.54. The van der Waals surface area contributed by atoms with Gasteiger partial charge in [0.25, 0.3) is 0 Å². The van der Waals surface area contributed by atoms with E-state index in [1.54, 1.807) is 7.11 Å². The van der Waals surface area contributed by atoms with Crippen molar-refractivity contribution in [2.24, 2.45) is 7.05 Å². The minimum absolute atomic E-state index is 0. The molecule has 3 rings (SSSR count). The smallest absolute Gasteiger partial charge is 0.204 e. The summed E-state index contributed by atoms with van der Waals surface area (Å²) >= 11 is 0. The van der Waals surface area contributed by atoms with Crippen molar-refractivity contribution in [3.63, 3.8) is 0 Å². The maximum Gasteiger partial charge on any atom is 0.204 e. The molecule has 0 spiro atoms. The van der Waals surface area contributed by atoms with Crippen molar-refractivity contribution < 1.29 is 33.3 Å². The molecule has 2 heterocycles. The van der Waals surface area contributed by atoms with Gasteiger partial charge < -0.3 is 28.7 Å². The molecular formula is C20H25IN2O. The zero-order chi connectivity index (χ0) is 16.1. The zero-order valence-electron chi connectivity index (χ0n) is 14.4. The van der Waals surface area contributed by atoms with Crippen molar-refractivity contribution in [2.45, 2.75) is 19.4 Å². The van der Waals surface area contributed by atoms with Gasteiger partial charge >= 0.3 is 0 Å². The summed E-state index contributed by atoms with van der Waals surface area (Å²) in [7, 11) is 3.81. The molecule has 1 fully saturated rings. The van der Waals surface area contributed by atoms with E-state index < -0.39 is 0 Å². The number of methoxy groups -OCH3 is 1. The predicted molar refractivity (Wildman–Crippen MR) is 94.1 cm³/mol. The van der Waals surface area contributed by atoms with Crippen LogP contribution in [0.5, 0.6) is 5.75 Å². The van der Waals surface area contributed by atoms with Crippen LogP contribution in [0.2, 0.25) is 0 Å². The summed E-state index contributed by atoms with van der Waals surface area (Å²) in [5.74, 6) is 0.985. The molecule has 0 radical (unpaired) electrons. The zero-order valence-corrected chi connectivity index (χ0v) is 16.6. The minimum atomic E-state index is 0. The molecule has 2 aromatic rings. The average molecular weight is 436 g/mol. The molecule has 0 amide bonds. The normalized spacial score (nSPS) is 14.8. The van der Waals surface area contributed by atoms with Gasteiger partial charge in [0.1, 0.15) is 12.8 Å². The number of hydrogen-bond acceptors (Lipinski definition) is 2. The van der Waals surface area contributed by atoms with E-state index in [1.165, 1.54) is 42.8 Å². The van der Waals surface area contributed by atoms with Crippen molar-refractivity contribution in [1.29, 1.82) is 0 Å².